The van der Waals surface area contributed by atoms with Gasteiger partial charge in [-0.05, 0) is 69.8 Å². The van der Waals surface area contributed by atoms with E-state index in [1.165, 1.54) is 22.3 Å². The normalized spacial score (nSPS) is 11.0. The second kappa shape index (κ2) is 12.0. The summed E-state index contributed by atoms with van der Waals surface area (Å²) in [6.45, 7) is 7.89. The van der Waals surface area contributed by atoms with E-state index in [2.05, 4.69) is 182 Å². The maximum Gasteiger partial charge on any atom is 0.0701 e. The van der Waals surface area contributed by atoms with E-state index in [1.54, 1.807) is 0 Å². The number of hydrogen-bond acceptors (Lipinski definition) is 1. The number of nitrogens with zero attached hydrogens (tertiary/aromatic N) is 1. The Balaban J connectivity index is 1.56. The van der Waals surface area contributed by atoms with Gasteiger partial charge in [0.05, 0.1) is 5.41 Å². The lowest BCUT2D eigenvalue weighted by molar-refractivity contribution is 0.745. The first-order valence-corrected chi connectivity index (χ1v) is 14.3. The van der Waals surface area contributed by atoms with E-state index < -0.39 is 5.41 Å². The fraction of sp³-hybridized carbons (Fsp3) is 0.0244. The Morgan fingerprint density at radius 1 is 0.357 bits per heavy atom. The van der Waals surface area contributed by atoms with Gasteiger partial charge in [-0.3, -0.25) is 0 Å². The Kier molecular flexibility index (Phi) is 7.66. The van der Waals surface area contributed by atoms with Gasteiger partial charge in [-0.25, -0.2) is 0 Å². The topological polar surface area (TPSA) is 3.24 Å². The van der Waals surface area contributed by atoms with Crippen LogP contribution in [0.3, 0.4) is 0 Å². The van der Waals surface area contributed by atoms with Gasteiger partial charge in [-0.15, -0.1) is 0 Å². The maximum absolute atomic E-state index is 3.97. The minimum Gasteiger partial charge on any atom is -0.311 e. The van der Waals surface area contributed by atoms with Crippen LogP contribution in [0.2, 0.25) is 0 Å². The Morgan fingerprint density at radius 2 is 0.667 bits per heavy atom. The Bertz CT molecular complexity index is 1710. The molecular weight excluding hydrogens is 506 g/mol. The van der Waals surface area contributed by atoms with E-state index in [0.29, 0.717) is 0 Å². The summed E-state index contributed by atoms with van der Waals surface area (Å²) in [5.41, 5.74) is 9.82. The van der Waals surface area contributed by atoms with Gasteiger partial charge in [0.1, 0.15) is 0 Å². The fourth-order valence-corrected chi connectivity index (χ4v) is 5.89. The van der Waals surface area contributed by atoms with Crippen LogP contribution in [0.1, 0.15) is 33.4 Å². The first kappa shape index (κ1) is 26.8. The van der Waals surface area contributed by atoms with Crippen molar-refractivity contribution < 1.29 is 0 Å². The molecule has 6 aromatic rings. The summed E-state index contributed by atoms with van der Waals surface area (Å²) >= 11 is 0. The molecule has 1 nitrogen and oxygen atoms in total. The summed E-state index contributed by atoms with van der Waals surface area (Å²) in [5, 5.41) is 0. The first-order chi connectivity index (χ1) is 20.7. The number of rotatable bonds is 9. The highest BCUT2D eigenvalue weighted by atomic mass is 15.1. The summed E-state index contributed by atoms with van der Waals surface area (Å²) in [6, 6.07) is 58.5. The van der Waals surface area contributed by atoms with Crippen molar-refractivity contribution in [2.45, 2.75) is 5.41 Å². The van der Waals surface area contributed by atoms with Crippen molar-refractivity contribution in [1.29, 1.82) is 0 Å². The van der Waals surface area contributed by atoms with Gasteiger partial charge in [0, 0.05) is 17.1 Å². The van der Waals surface area contributed by atoms with Gasteiger partial charge in [0.25, 0.3) is 0 Å². The van der Waals surface area contributed by atoms with E-state index >= 15 is 0 Å². The third kappa shape index (κ3) is 4.98. The molecule has 0 spiro atoms. The van der Waals surface area contributed by atoms with Gasteiger partial charge in [0.2, 0.25) is 0 Å². The van der Waals surface area contributed by atoms with Crippen LogP contribution in [0.15, 0.2) is 177 Å². The number of hydrogen-bond donors (Lipinski definition) is 0. The van der Waals surface area contributed by atoms with Crippen LogP contribution in [0, 0.1) is 0 Å². The molecule has 6 aromatic carbocycles. The van der Waals surface area contributed by atoms with Crippen LogP contribution < -0.4 is 4.90 Å². The van der Waals surface area contributed by atoms with Crippen LogP contribution >= 0.6 is 0 Å². The first-order valence-electron chi connectivity index (χ1n) is 14.3. The average molecular weight is 540 g/mol. The summed E-state index contributed by atoms with van der Waals surface area (Å²) in [4.78, 5) is 2.29. The number of para-hydroxylation sites is 1. The largest absolute Gasteiger partial charge is 0.311 e. The minimum absolute atomic E-state index is 0.510. The molecule has 0 aliphatic carbocycles. The highest BCUT2D eigenvalue weighted by Gasteiger charge is 2.38. The molecule has 0 amide bonds. The second-order valence-electron chi connectivity index (χ2n) is 10.3. The molecule has 0 saturated carbocycles. The molecule has 6 rings (SSSR count). The number of benzene rings is 6. The Labute approximate surface area is 249 Å². The fourth-order valence-electron chi connectivity index (χ4n) is 5.89. The molecule has 0 radical (unpaired) electrons. The molecular formula is C41H33N. The average Bonchev–Trinajstić information content (AvgIpc) is 3.08. The van der Waals surface area contributed by atoms with Crippen LogP contribution in [-0.4, -0.2) is 0 Å². The van der Waals surface area contributed by atoms with Gasteiger partial charge in [-0.1, -0.05) is 153 Å². The highest BCUT2D eigenvalue weighted by Crippen LogP contribution is 2.46. The van der Waals surface area contributed by atoms with E-state index in [0.717, 1.165) is 28.2 Å². The van der Waals surface area contributed by atoms with E-state index in [-0.39, 0.29) is 0 Å². The van der Waals surface area contributed by atoms with Crippen molar-refractivity contribution in [3.63, 3.8) is 0 Å². The molecule has 0 fully saturated rings. The highest BCUT2D eigenvalue weighted by molar-refractivity contribution is 5.77. The molecule has 202 valence electrons. The number of anilines is 3. The summed E-state index contributed by atoms with van der Waals surface area (Å²) in [6.07, 6.45) is 3.77. The molecule has 0 aliphatic rings. The van der Waals surface area contributed by atoms with Gasteiger partial charge < -0.3 is 4.90 Å². The van der Waals surface area contributed by atoms with Crippen LogP contribution in [0.25, 0.3) is 12.2 Å². The molecule has 0 aliphatic heterocycles. The summed E-state index contributed by atoms with van der Waals surface area (Å²) in [7, 11) is 0. The van der Waals surface area contributed by atoms with E-state index in [1.807, 2.05) is 12.2 Å². The van der Waals surface area contributed by atoms with Gasteiger partial charge >= 0.3 is 0 Å². The third-order valence-corrected chi connectivity index (χ3v) is 7.95. The van der Waals surface area contributed by atoms with Gasteiger partial charge in [-0.2, -0.15) is 0 Å². The molecule has 0 N–H and O–H groups in total. The van der Waals surface area contributed by atoms with Crippen molar-refractivity contribution in [2.75, 3.05) is 4.90 Å². The standard InChI is InChI=1S/C41H33N/c1-3-32-20-24-36(25-21-32)41(34-14-8-5-9-15-34,35-16-10-6-11-17-35)37-26-30-40(31-27-37)42(38-18-12-7-13-19-38)39-28-22-33(4-2)23-29-39/h3-31H,1-2H2. The molecule has 42 heavy (non-hydrogen) atoms. The molecule has 0 heterocycles. The van der Waals surface area contributed by atoms with E-state index in [4.69, 9.17) is 0 Å². The zero-order valence-electron chi connectivity index (χ0n) is 23.6. The van der Waals surface area contributed by atoms with E-state index in [9.17, 15) is 0 Å². The molecule has 0 saturated heterocycles. The molecule has 1 heteroatoms. The zero-order chi connectivity index (χ0) is 28.8. The van der Waals surface area contributed by atoms with Crippen LogP contribution in [-0.2, 0) is 5.41 Å². The predicted octanol–water partition coefficient (Wildman–Crippen LogP) is 10.8. The lowest BCUT2D eigenvalue weighted by Gasteiger charge is -2.37. The molecule has 0 unspecified atom stereocenters. The van der Waals surface area contributed by atoms with Crippen molar-refractivity contribution in [1.82, 2.24) is 0 Å². The van der Waals surface area contributed by atoms with Gasteiger partial charge in [0.15, 0.2) is 0 Å². The monoisotopic (exact) mass is 539 g/mol. The summed E-state index contributed by atoms with van der Waals surface area (Å²) in [5.74, 6) is 0. The van der Waals surface area contributed by atoms with Crippen molar-refractivity contribution in [3.05, 3.63) is 210 Å². The van der Waals surface area contributed by atoms with Crippen molar-refractivity contribution >= 4 is 29.2 Å². The lowest BCUT2D eigenvalue weighted by Crippen LogP contribution is -2.31. The Morgan fingerprint density at radius 3 is 1.10 bits per heavy atom. The van der Waals surface area contributed by atoms with Crippen molar-refractivity contribution in [2.24, 2.45) is 0 Å². The molecule has 0 aromatic heterocycles. The second-order valence-corrected chi connectivity index (χ2v) is 10.3. The quantitative estimate of drug-likeness (QED) is 0.165. The third-order valence-electron chi connectivity index (χ3n) is 7.95. The molecule has 0 atom stereocenters. The smallest absolute Gasteiger partial charge is 0.0701 e. The lowest BCUT2D eigenvalue weighted by atomic mass is 9.65. The summed E-state index contributed by atoms with van der Waals surface area (Å²) < 4.78 is 0. The predicted molar refractivity (Wildman–Crippen MR) is 180 cm³/mol. The molecule has 0 bridgehead atoms. The maximum atomic E-state index is 3.97. The van der Waals surface area contributed by atoms with Crippen LogP contribution in [0.5, 0.6) is 0 Å². The zero-order valence-corrected chi connectivity index (χ0v) is 23.6. The minimum atomic E-state index is -0.510. The SMILES string of the molecule is C=Cc1ccc(N(c2ccccc2)c2ccc(C(c3ccccc3)(c3ccccc3)c3ccc(C=C)cc3)cc2)cc1. The van der Waals surface area contributed by atoms with Crippen LogP contribution in [0.4, 0.5) is 17.1 Å². The Hall–Kier alpha value is -5.40. The van der Waals surface area contributed by atoms with Crippen molar-refractivity contribution in [3.8, 4) is 0 Å².